The van der Waals surface area contributed by atoms with Crippen molar-refractivity contribution in [2.24, 2.45) is 0 Å². The van der Waals surface area contributed by atoms with Gasteiger partial charge in [-0.15, -0.1) is 0 Å². The average molecular weight is 399 g/mol. The molecule has 0 fully saturated rings. The Morgan fingerprint density at radius 2 is 1.60 bits per heavy atom. The van der Waals surface area contributed by atoms with Crippen molar-refractivity contribution >= 4 is 11.8 Å². The van der Waals surface area contributed by atoms with Crippen LogP contribution >= 0.6 is 0 Å². The van der Waals surface area contributed by atoms with E-state index in [0.717, 1.165) is 5.56 Å². The number of amides is 2. The van der Waals surface area contributed by atoms with Crippen molar-refractivity contribution in [2.75, 3.05) is 0 Å². The Bertz CT molecular complexity index is 1140. The molecule has 2 aromatic carbocycles. The molecule has 0 bridgehead atoms. The minimum atomic E-state index is -0.505. The minimum absolute atomic E-state index is 0.231. The van der Waals surface area contributed by atoms with Crippen molar-refractivity contribution < 1.29 is 14.3 Å². The number of ether oxygens (including phenoxy) is 1. The van der Waals surface area contributed by atoms with Gasteiger partial charge in [0.15, 0.2) is 0 Å². The van der Waals surface area contributed by atoms with Gasteiger partial charge >= 0.3 is 0 Å². The summed E-state index contributed by atoms with van der Waals surface area (Å²) in [6.07, 6.45) is 3.25. The Labute approximate surface area is 171 Å². The molecule has 0 aliphatic heterocycles. The summed E-state index contributed by atoms with van der Waals surface area (Å²) in [5.74, 6) is 0.194. The SMILES string of the molecule is O=C(NNC(=O)c1cc(-c2ccccc2)n[nH]1)c1ccc(Oc2cccnc2)cc1. The molecule has 2 amide bonds. The van der Waals surface area contributed by atoms with Crippen molar-refractivity contribution in [1.82, 2.24) is 26.0 Å². The van der Waals surface area contributed by atoms with Crippen LogP contribution in [-0.4, -0.2) is 27.0 Å². The van der Waals surface area contributed by atoms with Gasteiger partial charge in [-0.2, -0.15) is 5.10 Å². The molecular formula is C22H17N5O3. The van der Waals surface area contributed by atoms with Crippen molar-refractivity contribution in [3.8, 4) is 22.8 Å². The first-order chi connectivity index (χ1) is 14.7. The Hall–Kier alpha value is -4.46. The van der Waals surface area contributed by atoms with E-state index in [1.165, 1.54) is 0 Å². The highest BCUT2D eigenvalue weighted by Gasteiger charge is 2.13. The molecule has 30 heavy (non-hydrogen) atoms. The summed E-state index contributed by atoms with van der Waals surface area (Å²) in [5, 5.41) is 6.78. The lowest BCUT2D eigenvalue weighted by Crippen LogP contribution is -2.41. The summed E-state index contributed by atoms with van der Waals surface area (Å²) < 4.78 is 5.63. The summed E-state index contributed by atoms with van der Waals surface area (Å²) in [6.45, 7) is 0. The van der Waals surface area contributed by atoms with Gasteiger partial charge in [-0.25, -0.2) is 0 Å². The average Bonchev–Trinajstić information content (AvgIpc) is 3.30. The van der Waals surface area contributed by atoms with Gasteiger partial charge in [-0.3, -0.25) is 30.5 Å². The largest absolute Gasteiger partial charge is 0.456 e. The predicted octanol–water partition coefficient (Wildman–Crippen LogP) is 3.34. The quantitative estimate of drug-likeness (QED) is 0.446. The zero-order valence-electron chi connectivity index (χ0n) is 15.7. The fraction of sp³-hybridized carbons (Fsp3) is 0. The number of nitrogens with zero attached hydrogens (tertiary/aromatic N) is 2. The molecule has 3 N–H and O–H groups in total. The van der Waals surface area contributed by atoms with Gasteiger partial charge in [-0.1, -0.05) is 30.3 Å². The maximum atomic E-state index is 12.3. The smallest absolute Gasteiger partial charge is 0.287 e. The lowest BCUT2D eigenvalue weighted by Gasteiger charge is -2.08. The molecule has 0 saturated carbocycles. The lowest BCUT2D eigenvalue weighted by molar-refractivity contribution is 0.0844. The second-order valence-corrected chi connectivity index (χ2v) is 6.26. The summed E-state index contributed by atoms with van der Waals surface area (Å²) in [5.41, 5.74) is 6.86. The number of pyridine rings is 1. The first-order valence-corrected chi connectivity index (χ1v) is 9.08. The van der Waals surface area contributed by atoms with Crippen LogP contribution in [0.15, 0.2) is 85.2 Å². The van der Waals surface area contributed by atoms with Crippen LogP contribution in [0.2, 0.25) is 0 Å². The lowest BCUT2D eigenvalue weighted by atomic mass is 10.1. The molecule has 2 aromatic heterocycles. The number of H-pyrrole nitrogens is 1. The van der Waals surface area contributed by atoms with E-state index in [0.29, 0.717) is 22.8 Å². The van der Waals surface area contributed by atoms with E-state index in [4.69, 9.17) is 4.74 Å². The molecular weight excluding hydrogens is 382 g/mol. The summed E-state index contributed by atoms with van der Waals surface area (Å²) in [4.78, 5) is 28.5. The van der Waals surface area contributed by atoms with Crippen molar-refractivity contribution in [2.45, 2.75) is 0 Å². The minimum Gasteiger partial charge on any atom is -0.456 e. The molecule has 0 atom stereocenters. The van der Waals surface area contributed by atoms with Crippen LogP contribution in [0.4, 0.5) is 0 Å². The second kappa shape index (κ2) is 8.70. The highest BCUT2D eigenvalue weighted by atomic mass is 16.5. The number of aromatic amines is 1. The summed E-state index contributed by atoms with van der Waals surface area (Å²) in [7, 11) is 0. The first-order valence-electron chi connectivity index (χ1n) is 9.08. The molecule has 0 aliphatic carbocycles. The fourth-order valence-corrected chi connectivity index (χ4v) is 2.67. The standard InChI is InChI=1S/C22H17N5O3/c28-21(16-8-10-17(11-9-16)30-18-7-4-12-23-14-18)26-27-22(29)20-13-19(24-25-20)15-5-2-1-3-6-15/h1-14H,(H,24,25)(H,26,28)(H,27,29). The van der Waals surface area contributed by atoms with Gasteiger partial charge < -0.3 is 4.74 Å². The molecule has 4 aromatic rings. The summed E-state index contributed by atoms with van der Waals surface area (Å²) >= 11 is 0. The summed E-state index contributed by atoms with van der Waals surface area (Å²) in [6, 6.07) is 21.1. The van der Waals surface area contributed by atoms with E-state index in [2.05, 4.69) is 26.0 Å². The van der Waals surface area contributed by atoms with Gasteiger partial charge in [-0.05, 0) is 42.5 Å². The van der Waals surface area contributed by atoms with Crippen LogP contribution in [0.3, 0.4) is 0 Å². The Morgan fingerprint density at radius 3 is 2.33 bits per heavy atom. The zero-order chi connectivity index (χ0) is 20.8. The number of hydrogen-bond acceptors (Lipinski definition) is 5. The molecule has 0 radical (unpaired) electrons. The van der Waals surface area contributed by atoms with Crippen LogP contribution < -0.4 is 15.6 Å². The number of hydrogen-bond donors (Lipinski definition) is 3. The third kappa shape index (κ3) is 4.50. The number of aromatic nitrogens is 3. The topological polar surface area (TPSA) is 109 Å². The molecule has 0 saturated heterocycles. The Morgan fingerprint density at radius 1 is 0.833 bits per heavy atom. The number of hydrazine groups is 1. The third-order valence-electron chi connectivity index (χ3n) is 4.17. The van der Waals surface area contributed by atoms with Crippen molar-refractivity contribution in [1.29, 1.82) is 0 Å². The van der Waals surface area contributed by atoms with Gasteiger partial charge in [0.05, 0.1) is 11.9 Å². The van der Waals surface area contributed by atoms with Gasteiger partial charge in [0.25, 0.3) is 11.8 Å². The molecule has 0 aliphatic rings. The molecule has 0 unspecified atom stereocenters. The molecule has 148 valence electrons. The fourth-order valence-electron chi connectivity index (χ4n) is 2.67. The van der Waals surface area contributed by atoms with E-state index in [1.807, 2.05) is 30.3 Å². The Kier molecular flexibility index (Phi) is 5.47. The van der Waals surface area contributed by atoms with Crippen LogP contribution in [0.5, 0.6) is 11.5 Å². The van der Waals surface area contributed by atoms with E-state index in [-0.39, 0.29) is 5.69 Å². The third-order valence-corrected chi connectivity index (χ3v) is 4.17. The highest BCUT2D eigenvalue weighted by Crippen LogP contribution is 2.20. The molecule has 8 nitrogen and oxygen atoms in total. The van der Waals surface area contributed by atoms with Crippen LogP contribution in [-0.2, 0) is 0 Å². The second-order valence-electron chi connectivity index (χ2n) is 6.26. The number of carbonyl (C=O) groups is 2. The number of benzene rings is 2. The normalized spacial score (nSPS) is 10.3. The first kappa shape index (κ1) is 18.9. The monoisotopic (exact) mass is 399 g/mol. The molecule has 2 heterocycles. The predicted molar refractivity (Wildman–Crippen MR) is 110 cm³/mol. The van der Waals surface area contributed by atoms with E-state index >= 15 is 0 Å². The maximum Gasteiger partial charge on any atom is 0.287 e. The number of nitrogens with one attached hydrogen (secondary N) is 3. The van der Waals surface area contributed by atoms with Crippen molar-refractivity contribution in [3.63, 3.8) is 0 Å². The van der Waals surface area contributed by atoms with Gasteiger partial charge in [0.2, 0.25) is 0 Å². The van der Waals surface area contributed by atoms with Gasteiger partial charge in [0.1, 0.15) is 17.2 Å². The van der Waals surface area contributed by atoms with Crippen LogP contribution in [0, 0.1) is 0 Å². The Balaban J connectivity index is 1.33. The van der Waals surface area contributed by atoms with Crippen LogP contribution in [0.25, 0.3) is 11.3 Å². The van der Waals surface area contributed by atoms with Crippen LogP contribution in [0.1, 0.15) is 20.8 Å². The number of rotatable bonds is 5. The molecule has 8 heteroatoms. The number of carbonyl (C=O) groups excluding carboxylic acids is 2. The molecule has 4 rings (SSSR count). The maximum absolute atomic E-state index is 12.3. The van der Waals surface area contributed by atoms with Crippen molar-refractivity contribution in [3.05, 3.63) is 96.4 Å². The van der Waals surface area contributed by atoms with Gasteiger partial charge in [0, 0.05) is 17.3 Å². The van der Waals surface area contributed by atoms with E-state index in [9.17, 15) is 9.59 Å². The molecule has 0 spiro atoms. The zero-order valence-corrected chi connectivity index (χ0v) is 15.7. The highest BCUT2D eigenvalue weighted by molar-refractivity contribution is 5.98. The van der Waals surface area contributed by atoms with E-state index in [1.54, 1.807) is 54.9 Å². The van der Waals surface area contributed by atoms with E-state index < -0.39 is 11.8 Å².